The molecule has 0 saturated carbocycles. The second kappa shape index (κ2) is 6.22. The summed E-state index contributed by atoms with van der Waals surface area (Å²) in [5.41, 5.74) is 0.775. The molecular weight excluding hydrogens is 310 g/mol. The van der Waals surface area contributed by atoms with Gasteiger partial charge >= 0.3 is 6.03 Å². The largest absolute Gasteiger partial charge is 0.454 e. The van der Waals surface area contributed by atoms with Crippen LogP contribution in [0.25, 0.3) is 0 Å². The number of anilines is 1. The summed E-state index contributed by atoms with van der Waals surface area (Å²) in [6, 6.07) is 5.35. The Labute approximate surface area is 140 Å². The lowest BCUT2D eigenvalue weighted by atomic mass is 10.1. The number of urea groups is 1. The van der Waals surface area contributed by atoms with Crippen LogP contribution in [-0.4, -0.2) is 61.3 Å². The van der Waals surface area contributed by atoms with Crippen molar-refractivity contribution in [3.8, 4) is 11.5 Å². The van der Waals surface area contributed by atoms with Gasteiger partial charge in [-0.05, 0) is 31.4 Å². The zero-order chi connectivity index (χ0) is 16.5. The highest BCUT2D eigenvalue weighted by Crippen LogP contribution is 2.36. The van der Waals surface area contributed by atoms with Gasteiger partial charge in [-0.2, -0.15) is 0 Å². The molecule has 0 aliphatic carbocycles. The third kappa shape index (κ3) is 2.74. The van der Waals surface area contributed by atoms with Crippen LogP contribution in [0.1, 0.15) is 19.3 Å². The topological polar surface area (TPSA) is 62.3 Å². The Morgan fingerprint density at radius 1 is 1.00 bits per heavy atom. The van der Waals surface area contributed by atoms with Crippen LogP contribution in [0, 0.1) is 0 Å². The standard InChI is InChI=1S/C17H21N3O4/c21-16(18-6-2-1-3-7-18)11-19-8-9-20(17(19)22)13-4-5-14-15(10-13)24-12-23-14/h4-5,10H,1-3,6-9,11-12H2. The molecule has 7 nitrogen and oxygen atoms in total. The van der Waals surface area contributed by atoms with Gasteiger partial charge in [-0.15, -0.1) is 0 Å². The van der Waals surface area contributed by atoms with Crippen LogP contribution in [0.5, 0.6) is 11.5 Å². The van der Waals surface area contributed by atoms with Gasteiger partial charge in [0.05, 0.1) is 0 Å². The number of hydrogen-bond acceptors (Lipinski definition) is 4. The average Bonchev–Trinajstić information content (AvgIpc) is 3.22. The number of amides is 3. The Bertz CT molecular complexity index is 657. The molecule has 3 aliphatic heterocycles. The molecule has 24 heavy (non-hydrogen) atoms. The normalized spacial score (nSPS) is 20.0. The van der Waals surface area contributed by atoms with E-state index in [-0.39, 0.29) is 25.3 Å². The van der Waals surface area contributed by atoms with Gasteiger partial charge in [0.2, 0.25) is 12.7 Å². The first-order chi connectivity index (χ1) is 11.7. The maximum Gasteiger partial charge on any atom is 0.325 e. The molecule has 3 heterocycles. The lowest BCUT2D eigenvalue weighted by Gasteiger charge is -2.28. The van der Waals surface area contributed by atoms with Gasteiger partial charge in [-0.1, -0.05) is 0 Å². The minimum Gasteiger partial charge on any atom is -0.454 e. The Morgan fingerprint density at radius 3 is 2.62 bits per heavy atom. The van der Waals surface area contributed by atoms with Crippen molar-refractivity contribution in [3.63, 3.8) is 0 Å². The monoisotopic (exact) mass is 331 g/mol. The van der Waals surface area contributed by atoms with E-state index >= 15 is 0 Å². The lowest BCUT2D eigenvalue weighted by Crippen LogP contribution is -2.44. The van der Waals surface area contributed by atoms with E-state index in [2.05, 4.69) is 0 Å². The van der Waals surface area contributed by atoms with Crippen molar-refractivity contribution in [2.45, 2.75) is 19.3 Å². The van der Waals surface area contributed by atoms with Crippen molar-refractivity contribution in [1.29, 1.82) is 0 Å². The number of carbonyl (C=O) groups excluding carboxylic acids is 2. The molecule has 0 spiro atoms. The maximum absolute atomic E-state index is 12.6. The van der Waals surface area contributed by atoms with Crippen molar-refractivity contribution in [3.05, 3.63) is 18.2 Å². The second-order valence-electron chi connectivity index (χ2n) is 6.33. The summed E-state index contributed by atoms with van der Waals surface area (Å²) in [7, 11) is 0. The molecule has 3 amide bonds. The Morgan fingerprint density at radius 2 is 1.79 bits per heavy atom. The molecule has 3 aliphatic rings. The van der Waals surface area contributed by atoms with E-state index in [1.807, 2.05) is 23.1 Å². The van der Waals surface area contributed by atoms with Crippen LogP contribution in [0.2, 0.25) is 0 Å². The van der Waals surface area contributed by atoms with Crippen molar-refractivity contribution >= 4 is 17.6 Å². The first-order valence-corrected chi connectivity index (χ1v) is 8.46. The van der Waals surface area contributed by atoms with E-state index < -0.39 is 0 Å². The highest BCUT2D eigenvalue weighted by atomic mass is 16.7. The van der Waals surface area contributed by atoms with E-state index in [9.17, 15) is 9.59 Å². The summed E-state index contributed by atoms with van der Waals surface area (Å²) in [4.78, 5) is 30.2. The SMILES string of the molecule is O=C(CN1CCN(c2ccc3c(c2)OCO3)C1=O)N1CCCCC1. The molecule has 2 fully saturated rings. The third-order valence-corrected chi connectivity index (χ3v) is 4.80. The fourth-order valence-corrected chi connectivity index (χ4v) is 3.43. The zero-order valence-electron chi connectivity index (χ0n) is 13.6. The molecule has 1 aromatic rings. The number of likely N-dealkylation sites (tertiary alicyclic amines) is 1. The molecule has 0 radical (unpaired) electrons. The van der Waals surface area contributed by atoms with Crippen molar-refractivity contribution in [1.82, 2.24) is 9.80 Å². The number of hydrogen-bond donors (Lipinski definition) is 0. The van der Waals surface area contributed by atoms with Gasteiger partial charge in [-0.25, -0.2) is 4.79 Å². The summed E-state index contributed by atoms with van der Waals surface area (Å²) in [6.45, 7) is 3.14. The predicted molar refractivity (Wildman–Crippen MR) is 87.3 cm³/mol. The van der Waals surface area contributed by atoms with Gasteiger partial charge in [0, 0.05) is 37.9 Å². The van der Waals surface area contributed by atoms with Crippen molar-refractivity contribution in [2.75, 3.05) is 44.4 Å². The van der Waals surface area contributed by atoms with Crippen LogP contribution >= 0.6 is 0 Å². The summed E-state index contributed by atoms with van der Waals surface area (Å²) >= 11 is 0. The number of fused-ring (bicyclic) bond motifs is 1. The minimum absolute atomic E-state index is 0.0515. The van der Waals surface area contributed by atoms with E-state index in [1.54, 1.807) is 9.80 Å². The van der Waals surface area contributed by atoms with Gasteiger partial charge in [-0.3, -0.25) is 9.69 Å². The van der Waals surface area contributed by atoms with Crippen LogP contribution in [-0.2, 0) is 4.79 Å². The summed E-state index contributed by atoms with van der Waals surface area (Å²) in [5, 5.41) is 0. The first kappa shape index (κ1) is 15.1. The molecule has 0 aromatic heterocycles. The maximum atomic E-state index is 12.6. The quantitative estimate of drug-likeness (QED) is 0.845. The highest BCUT2D eigenvalue weighted by Gasteiger charge is 2.32. The Hall–Kier alpha value is -2.44. The number of benzene rings is 1. The van der Waals surface area contributed by atoms with Crippen molar-refractivity contribution in [2.24, 2.45) is 0 Å². The van der Waals surface area contributed by atoms with E-state index in [4.69, 9.17) is 9.47 Å². The van der Waals surface area contributed by atoms with Crippen LogP contribution in [0.15, 0.2) is 18.2 Å². The predicted octanol–water partition coefficient (Wildman–Crippen LogP) is 1.67. The summed E-state index contributed by atoms with van der Waals surface area (Å²) < 4.78 is 10.7. The summed E-state index contributed by atoms with van der Waals surface area (Å²) in [5.74, 6) is 1.40. The van der Waals surface area contributed by atoms with Crippen LogP contribution < -0.4 is 14.4 Å². The number of carbonyl (C=O) groups is 2. The number of piperidine rings is 1. The molecule has 4 rings (SSSR count). The Balaban J connectivity index is 1.41. The molecule has 0 atom stereocenters. The molecule has 0 unspecified atom stereocenters. The van der Waals surface area contributed by atoms with E-state index in [1.165, 1.54) is 6.42 Å². The van der Waals surface area contributed by atoms with Gasteiger partial charge in [0.25, 0.3) is 0 Å². The van der Waals surface area contributed by atoms with Crippen LogP contribution in [0.3, 0.4) is 0 Å². The fourth-order valence-electron chi connectivity index (χ4n) is 3.43. The molecule has 0 bridgehead atoms. The van der Waals surface area contributed by atoms with E-state index in [0.717, 1.165) is 31.6 Å². The second-order valence-corrected chi connectivity index (χ2v) is 6.33. The fraction of sp³-hybridized carbons (Fsp3) is 0.529. The molecular formula is C17H21N3O4. The molecule has 128 valence electrons. The molecule has 2 saturated heterocycles. The van der Waals surface area contributed by atoms with Crippen LogP contribution in [0.4, 0.5) is 10.5 Å². The first-order valence-electron chi connectivity index (χ1n) is 8.46. The molecule has 0 N–H and O–H groups in total. The lowest BCUT2D eigenvalue weighted by molar-refractivity contribution is -0.132. The van der Waals surface area contributed by atoms with Crippen molar-refractivity contribution < 1.29 is 19.1 Å². The van der Waals surface area contributed by atoms with E-state index in [0.29, 0.717) is 24.6 Å². The van der Waals surface area contributed by atoms with Gasteiger partial charge in [0.15, 0.2) is 11.5 Å². The highest BCUT2D eigenvalue weighted by molar-refractivity contribution is 5.96. The van der Waals surface area contributed by atoms with Gasteiger partial charge in [0.1, 0.15) is 6.54 Å². The third-order valence-electron chi connectivity index (χ3n) is 4.80. The summed E-state index contributed by atoms with van der Waals surface area (Å²) in [6.07, 6.45) is 3.30. The smallest absolute Gasteiger partial charge is 0.325 e. The number of rotatable bonds is 3. The number of ether oxygens (including phenoxy) is 2. The Kier molecular flexibility index (Phi) is 3.92. The molecule has 7 heteroatoms. The zero-order valence-corrected chi connectivity index (χ0v) is 13.6. The minimum atomic E-state index is -0.126. The molecule has 1 aromatic carbocycles. The average molecular weight is 331 g/mol. The van der Waals surface area contributed by atoms with Gasteiger partial charge < -0.3 is 19.3 Å². The number of nitrogens with zero attached hydrogens (tertiary/aromatic N) is 3.